The molecular weight excluding hydrogens is 440 g/mol. The molecule has 0 fully saturated rings. The third-order valence-electron chi connectivity index (χ3n) is 5.66. The summed E-state index contributed by atoms with van der Waals surface area (Å²) in [5, 5.41) is 2.90. The zero-order chi connectivity index (χ0) is 24.7. The Morgan fingerprint density at radius 2 is 1.68 bits per heavy atom. The van der Waals surface area contributed by atoms with Crippen LogP contribution in [-0.4, -0.2) is 58.0 Å². The van der Waals surface area contributed by atoms with Crippen molar-refractivity contribution >= 4 is 17.7 Å². The van der Waals surface area contributed by atoms with Crippen LogP contribution in [0.25, 0.3) is 0 Å². The number of esters is 1. The van der Waals surface area contributed by atoms with E-state index in [1.807, 2.05) is 26.0 Å². The van der Waals surface area contributed by atoms with Gasteiger partial charge in [0.15, 0.2) is 11.5 Å². The molecule has 1 aliphatic rings. The van der Waals surface area contributed by atoms with Gasteiger partial charge in [0.25, 0.3) is 0 Å². The molecular formula is C25H32N2O7. The Balaban J connectivity index is 1.96. The van der Waals surface area contributed by atoms with Crippen LogP contribution in [0.3, 0.4) is 0 Å². The number of fused-ring (bicyclic) bond motifs is 1. The maximum Gasteiger partial charge on any atom is 0.322 e. The van der Waals surface area contributed by atoms with Crippen LogP contribution in [0.1, 0.15) is 37.4 Å². The van der Waals surface area contributed by atoms with Crippen molar-refractivity contribution in [3.63, 3.8) is 0 Å². The second-order valence-corrected chi connectivity index (χ2v) is 7.60. The van der Waals surface area contributed by atoms with Crippen LogP contribution in [0, 0.1) is 0 Å². The predicted octanol–water partition coefficient (Wildman–Crippen LogP) is 4.20. The first-order valence-corrected chi connectivity index (χ1v) is 11.2. The lowest BCUT2D eigenvalue weighted by Crippen LogP contribution is -2.43. The fraction of sp³-hybridized carbons (Fsp3) is 0.440. The van der Waals surface area contributed by atoms with Gasteiger partial charge in [0.1, 0.15) is 11.5 Å². The highest BCUT2D eigenvalue weighted by Gasteiger charge is 2.34. The molecule has 9 heteroatoms. The Morgan fingerprint density at radius 1 is 0.971 bits per heavy atom. The Hall–Kier alpha value is -3.62. The van der Waals surface area contributed by atoms with Crippen molar-refractivity contribution in [1.82, 2.24) is 4.90 Å². The van der Waals surface area contributed by atoms with E-state index in [1.54, 1.807) is 30.2 Å². The Bertz CT molecular complexity index is 1020. The fourth-order valence-electron chi connectivity index (χ4n) is 4.04. The van der Waals surface area contributed by atoms with Gasteiger partial charge in [-0.15, -0.1) is 0 Å². The minimum absolute atomic E-state index is 0.0101. The Labute approximate surface area is 199 Å². The largest absolute Gasteiger partial charge is 0.497 e. The summed E-state index contributed by atoms with van der Waals surface area (Å²) in [4.78, 5) is 27.3. The number of anilines is 1. The number of benzene rings is 2. The number of hydrogen-bond acceptors (Lipinski definition) is 7. The first-order valence-electron chi connectivity index (χ1n) is 11.2. The number of carbonyl (C=O) groups excluding carboxylic acids is 2. The number of nitrogens with zero attached hydrogens (tertiary/aromatic N) is 1. The van der Waals surface area contributed by atoms with E-state index in [0.717, 1.165) is 11.1 Å². The molecule has 2 aromatic carbocycles. The number of methoxy groups -OCH3 is 3. The number of carbonyl (C=O) groups is 2. The zero-order valence-electron chi connectivity index (χ0n) is 20.3. The molecule has 0 saturated carbocycles. The third kappa shape index (κ3) is 5.47. The Kier molecular flexibility index (Phi) is 8.45. The van der Waals surface area contributed by atoms with Gasteiger partial charge in [-0.25, -0.2) is 4.79 Å². The van der Waals surface area contributed by atoms with Crippen molar-refractivity contribution < 1.29 is 33.3 Å². The highest BCUT2D eigenvalue weighted by Crippen LogP contribution is 2.40. The summed E-state index contributed by atoms with van der Waals surface area (Å²) in [6.45, 7) is 5.18. The molecule has 0 aliphatic carbocycles. The lowest BCUT2D eigenvalue weighted by atomic mass is 9.90. The summed E-state index contributed by atoms with van der Waals surface area (Å²) in [6, 6.07) is 8.06. The topological polar surface area (TPSA) is 95.6 Å². The normalized spacial score (nSPS) is 14.6. The second kappa shape index (κ2) is 11.5. The standard InChI is InChI=1S/C25H32N2O7/c1-6-33-22-12-16-10-11-27(20(15-24(28)32-5)18(16)14-23(22)34-7-2)25(29)26-19-9-8-17(30-3)13-21(19)31-4/h8-9,12-14,20H,6-7,10-11,15H2,1-5H3,(H,26,29)/t20-/m1/s1. The molecule has 2 aromatic rings. The minimum atomic E-state index is -0.532. The van der Waals surface area contributed by atoms with E-state index in [0.29, 0.717) is 54.9 Å². The van der Waals surface area contributed by atoms with Crippen molar-refractivity contribution in [2.24, 2.45) is 0 Å². The van der Waals surface area contributed by atoms with E-state index < -0.39 is 12.0 Å². The van der Waals surface area contributed by atoms with Crippen LogP contribution < -0.4 is 24.3 Å². The van der Waals surface area contributed by atoms with E-state index in [2.05, 4.69) is 5.32 Å². The highest BCUT2D eigenvalue weighted by molar-refractivity contribution is 5.92. The quantitative estimate of drug-likeness (QED) is 0.547. The minimum Gasteiger partial charge on any atom is -0.497 e. The molecule has 0 radical (unpaired) electrons. The molecule has 0 aromatic heterocycles. The zero-order valence-corrected chi connectivity index (χ0v) is 20.3. The van der Waals surface area contributed by atoms with Crippen LogP contribution in [-0.2, 0) is 16.0 Å². The van der Waals surface area contributed by atoms with Gasteiger partial charge in [-0.1, -0.05) is 0 Å². The van der Waals surface area contributed by atoms with Gasteiger partial charge in [0.2, 0.25) is 0 Å². The number of ether oxygens (including phenoxy) is 5. The van der Waals surface area contributed by atoms with Gasteiger partial charge in [-0.2, -0.15) is 0 Å². The summed E-state index contributed by atoms with van der Waals surface area (Å²) in [6.07, 6.45) is 0.614. The molecule has 1 heterocycles. The molecule has 0 bridgehead atoms. The highest BCUT2D eigenvalue weighted by atomic mass is 16.5. The van der Waals surface area contributed by atoms with Crippen LogP contribution in [0.5, 0.6) is 23.0 Å². The lowest BCUT2D eigenvalue weighted by molar-refractivity contribution is -0.141. The molecule has 3 rings (SSSR count). The molecule has 0 unspecified atom stereocenters. The van der Waals surface area contributed by atoms with Crippen molar-refractivity contribution in [1.29, 1.82) is 0 Å². The molecule has 1 N–H and O–H groups in total. The van der Waals surface area contributed by atoms with Crippen molar-refractivity contribution in [3.8, 4) is 23.0 Å². The van der Waals surface area contributed by atoms with E-state index in [1.165, 1.54) is 14.2 Å². The number of hydrogen-bond donors (Lipinski definition) is 1. The van der Waals surface area contributed by atoms with Crippen molar-refractivity contribution in [2.75, 3.05) is 46.4 Å². The summed E-state index contributed by atoms with van der Waals surface area (Å²) >= 11 is 0. The molecule has 2 amide bonds. The Morgan fingerprint density at radius 3 is 2.29 bits per heavy atom. The summed E-state index contributed by atoms with van der Waals surface area (Å²) in [7, 11) is 4.42. The molecule has 0 saturated heterocycles. The number of urea groups is 1. The van der Waals surface area contributed by atoms with E-state index in [-0.39, 0.29) is 12.5 Å². The van der Waals surface area contributed by atoms with E-state index >= 15 is 0 Å². The molecule has 184 valence electrons. The molecule has 34 heavy (non-hydrogen) atoms. The monoisotopic (exact) mass is 472 g/mol. The van der Waals surface area contributed by atoms with Crippen molar-refractivity contribution in [3.05, 3.63) is 41.5 Å². The van der Waals surface area contributed by atoms with E-state index in [9.17, 15) is 9.59 Å². The van der Waals surface area contributed by atoms with E-state index in [4.69, 9.17) is 23.7 Å². The maximum absolute atomic E-state index is 13.4. The van der Waals surface area contributed by atoms with Gasteiger partial charge in [-0.05, 0) is 55.7 Å². The lowest BCUT2D eigenvalue weighted by Gasteiger charge is -2.37. The maximum atomic E-state index is 13.4. The smallest absolute Gasteiger partial charge is 0.322 e. The SMILES string of the molecule is CCOc1cc2c(cc1OCC)[C@@H](CC(=O)OC)N(C(=O)Nc1ccc(OC)cc1OC)CC2. The first-order chi connectivity index (χ1) is 16.4. The van der Waals surface area contributed by atoms with Gasteiger partial charge < -0.3 is 33.9 Å². The average molecular weight is 473 g/mol. The number of amides is 2. The van der Waals surface area contributed by atoms with Crippen LogP contribution in [0.2, 0.25) is 0 Å². The predicted molar refractivity (Wildman–Crippen MR) is 127 cm³/mol. The summed E-state index contributed by atoms with van der Waals surface area (Å²) < 4.78 is 27.1. The molecule has 1 atom stereocenters. The summed E-state index contributed by atoms with van der Waals surface area (Å²) in [5.74, 6) is 1.90. The van der Waals surface area contributed by atoms with Gasteiger partial charge >= 0.3 is 12.0 Å². The third-order valence-corrected chi connectivity index (χ3v) is 5.66. The second-order valence-electron chi connectivity index (χ2n) is 7.60. The number of nitrogens with one attached hydrogen (secondary N) is 1. The molecule has 0 spiro atoms. The van der Waals surface area contributed by atoms with Gasteiger partial charge in [0.05, 0.1) is 52.7 Å². The van der Waals surface area contributed by atoms with Gasteiger partial charge in [0, 0.05) is 12.6 Å². The van der Waals surface area contributed by atoms with Crippen molar-refractivity contribution in [2.45, 2.75) is 32.7 Å². The van der Waals surface area contributed by atoms with Crippen LogP contribution >= 0.6 is 0 Å². The summed E-state index contributed by atoms with van der Waals surface area (Å²) in [5.41, 5.74) is 2.34. The van der Waals surface area contributed by atoms with Crippen LogP contribution in [0.15, 0.2) is 30.3 Å². The average Bonchev–Trinajstić information content (AvgIpc) is 2.85. The van der Waals surface area contributed by atoms with Gasteiger partial charge in [-0.3, -0.25) is 4.79 Å². The number of rotatable bonds is 9. The first kappa shape index (κ1) is 25.0. The molecule has 1 aliphatic heterocycles. The molecule has 9 nitrogen and oxygen atoms in total. The van der Waals surface area contributed by atoms with Crippen LogP contribution in [0.4, 0.5) is 10.5 Å². The fourth-order valence-corrected chi connectivity index (χ4v) is 4.04.